The molecule has 140 valence electrons. The van der Waals surface area contributed by atoms with Crippen LogP contribution in [0.5, 0.6) is 5.75 Å². The van der Waals surface area contributed by atoms with Gasteiger partial charge in [0.15, 0.2) is 0 Å². The summed E-state index contributed by atoms with van der Waals surface area (Å²) >= 11 is 0. The second kappa shape index (κ2) is 7.29. The number of methoxy groups -OCH3 is 1. The smallest absolute Gasteiger partial charge is 0.122 e. The molecule has 4 rings (SSSR count). The van der Waals surface area contributed by atoms with Gasteiger partial charge in [0.2, 0.25) is 0 Å². The molecule has 2 fully saturated rings. The number of rotatable bonds is 4. The standard InChI is InChI=1S/C20H28N4O2/c1-22-11-9-21-19(22)14-23-12-13-26-20(15-23)8-3-10-24(16-20)17-4-6-18(25-2)7-5-17/h4-7,9,11H,3,8,10,12-16H2,1-2H3/t20-/m0/s1. The van der Waals surface area contributed by atoms with E-state index in [4.69, 9.17) is 9.47 Å². The summed E-state index contributed by atoms with van der Waals surface area (Å²) in [5.41, 5.74) is 1.16. The summed E-state index contributed by atoms with van der Waals surface area (Å²) in [7, 11) is 3.77. The second-order valence-electron chi connectivity index (χ2n) is 7.42. The average Bonchev–Trinajstić information content (AvgIpc) is 3.06. The quantitative estimate of drug-likeness (QED) is 0.841. The Bertz CT molecular complexity index is 726. The maximum Gasteiger partial charge on any atom is 0.122 e. The number of aryl methyl sites for hydroxylation is 1. The van der Waals surface area contributed by atoms with Gasteiger partial charge in [0.1, 0.15) is 11.6 Å². The lowest BCUT2D eigenvalue weighted by Crippen LogP contribution is -2.59. The molecule has 1 aromatic heterocycles. The van der Waals surface area contributed by atoms with Crippen molar-refractivity contribution in [2.24, 2.45) is 7.05 Å². The zero-order chi connectivity index (χ0) is 18.0. The van der Waals surface area contributed by atoms with Crippen molar-refractivity contribution in [1.82, 2.24) is 14.5 Å². The van der Waals surface area contributed by atoms with E-state index in [-0.39, 0.29) is 5.60 Å². The van der Waals surface area contributed by atoms with Gasteiger partial charge in [-0.1, -0.05) is 0 Å². The van der Waals surface area contributed by atoms with Crippen molar-refractivity contribution in [1.29, 1.82) is 0 Å². The molecule has 0 amide bonds. The fraction of sp³-hybridized carbons (Fsp3) is 0.550. The average molecular weight is 356 g/mol. The van der Waals surface area contributed by atoms with Gasteiger partial charge < -0.3 is 18.9 Å². The predicted molar refractivity (Wildman–Crippen MR) is 102 cm³/mol. The van der Waals surface area contributed by atoms with Crippen molar-refractivity contribution >= 4 is 5.69 Å². The van der Waals surface area contributed by atoms with Gasteiger partial charge in [-0.05, 0) is 37.1 Å². The van der Waals surface area contributed by atoms with E-state index in [1.165, 1.54) is 5.69 Å². The van der Waals surface area contributed by atoms with E-state index in [9.17, 15) is 0 Å². The number of benzene rings is 1. The molecule has 26 heavy (non-hydrogen) atoms. The number of nitrogens with zero attached hydrogens (tertiary/aromatic N) is 4. The lowest BCUT2D eigenvalue weighted by atomic mass is 9.90. The Kier molecular flexibility index (Phi) is 4.87. The van der Waals surface area contributed by atoms with E-state index in [0.717, 1.165) is 63.7 Å². The zero-order valence-electron chi connectivity index (χ0n) is 15.7. The summed E-state index contributed by atoms with van der Waals surface area (Å²) in [6.45, 7) is 5.63. The fourth-order valence-electron chi connectivity index (χ4n) is 4.17. The molecular formula is C20H28N4O2. The van der Waals surface area contributed by atoms with Crippen LogP contribution in [0.3, 0.4) is 0 Å². The Morgan fingerprint density at radius 2 is 2.04 bits per heavy atom. The highest BCUT2D eigenvalue weighted by Crippen LogP contribution is 2.32. The molecule has 1 spiro atoms. The molecule has 0 radical (unpaired) electrons. The van der Waals surface area contributed by atoms with Crippen LogP contribution in [0.4, 0.5) is 5.69 Å². The monoisotopic (exact) mass is 356 g/mol. The molecular weight excluding hydrogens is 328 g/mol. The predicted octanol–water partition coefficient (Wildman–Crippen LogP) is 2.30. The van der Waals surface area contributed by atoms with Gasteiger partial charge in [-0.2, -0.15) is 0 Å². The molecule has 0 saturated carbocycles. The Morgan fingerprint density at radius 3 is 2.77 bits per heavy atom. The summed E-state index contributed by atoms with van der Waals surface area (Å²) in [4.78, 5) is 9.42. The molecule has 3 heterocycles. The molecule has 1 atom stereocenters. The maximum atomic E-state index is 6.35. The van der Waals surface area contributed by atoms with Crippen molar-refractivity contribution in [2.45, 2.75) is 25.0 Å². The van der Waals surface area contributed by atoms with Crippen LogP contribution in [0.2, 0.25) is 0 Å². The highest BCUT2D eigenvalue weighted by atomic mass is 16.5. The number of hydrogen-bond donors (Lipinski definition) is 0. The molecule has 2 aliphatic rings. The van der Waals surface area contributed by atoms with Crippen molar-refractivity contribution in [2.75, 3.05) is 44.8 Å². The van der Waals surface area contributed by atoms with Gasteiger partial charge in [-0.3, -0.25) is 4.90 Å². The van der Waals surface area contributed by atoms with E-state index < -0.39 is 0 Å². The molecule has 6 nitrogen and oxygen atoms in total. The molecule has 2 aromatic rings. The number of aromatic nitrogens is 2. The lowest BCUT2D eigenvalue weighted by Gasteiger charge is -2.48. The number of hydrogen-bond acceptors (Lipinski definition) is 5. The minimum Gasteiger partial charge on any atom is -0.497 e. The van der Waals surface area contributed by atoms with Gasteiger partial charge >= 0.3 is 0 Å². The van der Waals surface area contributed by atoms with Crippen molar-refractivity contribution < 1.29 is 9.47 Å². The highest BCUT2D eigenvalue weighted by molar-refractivity contribution is 5.50. The van der Waals surface area contributed by atoms with Crippen LogP contribution in [-0.4, -0.2) is 59.9 Å². The lowest BCUT2D eigenvalue weighted by molar-refractivity contribution is -0.116. The molecule has 6 heteroatoms. The third-order valence-electron chi connectivity index (χ3n) is 5.59. The van der Waals surface area contributed by atoms with E-state index in [1.807, 2.05) is 24.5 Å². The highest BCUT2D eigenvalue weighted by Gasteiger charge is 2.40. The van der Waals surface area contributed by atoms with Crippen LogP contribution >= 0.6 is 0 Å². The SMILES string of the molecule is COc1ccc(N2CCC[C@]3(CN(Cc4nccn4C)CCO3)C2)cc1. The Morgan fingerprint density at radius 1 is 1.19 bits per heavy atom. The minimum atomic E-state index is -0.0818. The third kappa shape index (κ3) is 3.57. The molecule has 1 aromatic carbocycles. The molecule has 0 bridgehead atoms. The second-order valence-corrected chi connectivity index (χ2v) is 7.42. The third-order valence-corrected chi connectivity index (χ3v) is 5.59. The molecule has 2 saturated heterocycles. The first-order valence-corrected chi connectivity index (χ1v) is 9.39. The Labute approximate surface area is 155 Å². The van der Waals surface area contributed by atoms with Crippen LogP contribution < -0.4 is 9.64 Å². The van der Waals surface area contributed by atoms with Gasteiger partial charge in [0.05, 0.1) is 25.9 Å². The first-order valence-electron chi connectivity index (χ1n) is 9.39. The summed E-state index contributed by atoms with van der Waals surface area (Å²) in [6.07, 6.45) is 6.16. The van der Waals surface area contributed by atoms with Crippen molar-refractivity contribution in [3.63, 3.8) is 0 Å². The first-order chi connectivity index (χ1) is 12.7. The number of ether oxygens (including phenoxy) is 2. The van der Waals surface area contributed by atoms with Crippen LogP contribution in [0, 0.1) is 0 Å². The normalized spacial score (nSPS) is 24.2. The van der Waals surface area contributed by atoms with Crippen LogP contribution in [0.25, 0.3) is 0 Å². The first kappa shape index (κ1) is 17.4. The van der Waals surface area contributed by atoms with E-state index in [1.54, 1.807) is 7.11 Å². The Balaban J connectivity index is 1.45. The molecule has 0 aliphatic carbocycles. The fourth-order valence-corrected chi connectivity index (χ4v) is 4.17. The summed E-state index contributed by atoms with van der Waals surface area (Å²) < 4.78 is 13.7. The van der Waals surface area contributed by atoms with Crippen LogP contribution in [0.15, 0.2) is 36.7 Å². The number of imidazole rings is 1. The molecule has 0 unspecified atom stereocenters. The largest absolute Gasteiger partial charge is 0.497 e. The summed E-state index contributed by atoms with van der Waals surface area (Å²) in [6, 6.07) is 8.36. The Hall–Kier alpha value is -2.05. The van der Waals surface area contributed by atoms with Crippen molar-refractivity contribution in [3.05, 3.63) is 42.5 Å². The number of piperidine rings is 1. The van der Waals surface area contributed by atoms with Crippen LogP contribution in [0.1, 0.15) is 18.7 Å². The number of anilines is 1. The molecule has 2 aliphatic heterocycles. The van der Waals surface area contributed by atoms with Gasteiger partial charge in [0, 0.05) is 51.3 Å². The summed E-state index contributed by atoms with van der Waals surface area (Å²) in [5.74, 6) is 2.01. The minimum absolute atomic E-state index is 0.0818. The topological polar surface area (TPSA) is 42.8 Å². The van der Waals surface area contributed by atoms with Crippen molar-refractivity contribution in [3.8, 4) is 5.75 Å². The summed E-state index contributed by atoms with van der Waals surface area (Å²) in [5, 5.41) is 0. The van der Waals surface area contributed by atoms with Gasteiger partial charge in [0.25, 0.3) is 0 Å². The van der Waals surface area contributed by atoms with E-state index >= 15 is 0 Å². The van der Waals surface area contributed by atoms with E-state index in [2.05, 4.69) is 38.5 Å². The number of morpholine rings is 1. The van der Waals surface area contributed by atoms with Gasteiger partial charge in [-0.15, -0.1) is 0 Å². The van der Waals surface area contributed by atoms with Crippen LogP contribution in [-0.2, 0) is 18.3 Å². The van der Waals surface area contributed by atoms with E-state index in [0.29, 0.717) is 0 Å². The molecule has 0 N–H and O–H groups in total. The zero-order valence-corrected chi connectivity index (χ0v) is 15.7. The van der Waals surface area contributed by atoms with Gasteiger partial charge in [-0.25, -0.2) is 4.98 Å². The maximum absolute atomic E-state index is 6.35.